The Bertz CT molecular complexity index is 632. The second-order valence-corrected chi connectivity index (χ2v) is 7.10. The topological polar surface area (TPSA) is 55.9 Å². The number of carbonyl (C=O) groups excluding carboxylic acids is 2. The highest BCUT2D eigenvalue weighted by Crippen LogP contribution is 2.25. The quantitative estimate of drug-likeness (QED) is 0.917. The van der Waals surface area contributed by atoms with E-state index in [1.807, 2.05) is 53.1 Å². The van der Waals surface area contributed by atoms with Crippen LogP contribution < -0.4 is 10.2 Å². The van der Waals surface area contributed by atoms with Crippen LogP contribution in [0, 0.1) is 0 Å². The highest BCUT2D eigenvalue weighted by Gasteiger charge is 2.30. The van der Waals surface area contributed by atoms with Crippen molar-refractivity contribution in [3.05, 3.63) is 24.3 Å². The zero-order valence-electron chi connectivity index (χ0n) is 15.2. The summed E-state index contributed by atoms with van der Waals surface area (Å²) in [5.41, 5.74) is 1.82. The number of anilines is 2. The van der Waals surface area contributed by atoms with Gasteiger partial charge < -0.3 is 20.0 Å². The third kappa shape index (κ3) is 4.06. The van der Waals surface area contributed by atoms with E-state index in [0.29, 0.717) is 19.0 Å². The SMILES string of the molecule is CN(C)c1ccccc1NC(=O)N1CCC[C@@H](N2CCCC2=O)CC1. The summed E-state index contributed by atoms with van der Waals surface area (Å²) in [6, 6.07) is 8.06. The van der Waals surface area contributed by atoms with Crippen molar-refractivity contribution in [1.29, 1.82) is 0 Å². The van der Waals surface area contributed by atoms with Crippen LogP contribution in [0.4, 0.5) is 16.2 Å². The molecule has 3 amide bonds. The van der Waals surface area contributed by atoms with Crippen LogP contribution in [-0.4, -0.2) is 61.5 Å². The molecule has 6 nitrogen and oxygen atoms in total. The molecule has 0 aliphatic carbocycles. The van der Waals surface area contributed by atoms with Crippen molar-refractivity contribution in [2.75, 3.05) is 43.9 Å². The van der Waals surface area contributed by atoms with Crippen molar-refractivity contribution in [2.24, 2.45) is 0 Å². The van der Waals surface area contributed by atoms with Gasteiger partial charge in [-0.15, -0.1) is 0 Å². The Hall–Kier alpha value is -2.24. The van der Waals surface area contributed by atoms with Crippen molar-refractivity contribution >= 4 is 23.3 Å². The number of carbonyl (C=O) groups is 2. The Labute approximate surface area is 149 Å². The van der Waals surface area contributed by atoms with Crippen LogP contribution in [0.25, 0.3) is 0 Å². The Morgan fingerprint density at radius 1 is 1.12 bits per heavy atom. The molecule has 136 valence electrons. The molecule has 2 aliphatic rings. The van der Waals surface area contributed by atoms with E-state index in [2.05, 4.69) is 5.32 Å². The van der Waals surface area contributed by atoms with Crippen molar-refractivity contribution in [2.45, 2.75) is 38.1 Å². The summed E-state index contributed by atoms with van der Waals surface area (Å²) in [4.78, 5) is 30.6. The molecule has 1 N–H and O–H groups in total. The van der Waals surface area contributed by atoms with Crippen molar-refractivity contribution < 1.29 is 9.59 Å². The van der Waals surface area contributed by atoms with Gasteiger partial charge in [0.15, 0.2) is 0 Å². The molecular weight excluding hydrogens is 316 g/mol. The van der Waals surface area contributed by atoms with Gasteiger partial charge in [0.1, 0.15) is 0 Å². The number of amides is 3. The maximum Gasteiger partial charge on any atom is 0.321 e. The number of urea groups is 1. The van der Waals surface area contributed by atoms with E-state index in [1.54, 1.807) is 0 Å². The van der Waals surface area contributed by atoms with Crippen molar-refractivity contribution in [3.63, 3.8) is 0 Å². The zero-order valence-corrected chi connectivity index (χ0v) is 15.2. The lowest BCUT2D eigenvalue weighted by Gasteiger charge is -2.27. The lowest BCUT2D eigenvalue weighted by atomic mass is 10.1. The number of rotatable bonds is 3. The monoisotopic (exact) mass is 344 g/mol. The molecule has 0 radical (unpaired) electrons. The van der Waals surface area contributed by atoms with Crippen LogP contribution >= 0.6 is 0 Å². The van der Waals surface area contributed by atoms with Gasteiger partial charge in [0.05, 0.1) is 11.4 Å². The standard InChI is InChI=1S/C19H28N4O2/c1-21(2)17-9-4-3-8-16(17)20-19(25)22-12-5-7-15(11-14-22)23-13-6-10-18(23)24/h3-4,8-9,15H,5-7,10-14H2,1-2H3,(H,20,25)/t15-/m1/s1. The lowest BCUT2D eigenvalue weighted by molar-refractivity contribution is -0.129. The fourth-order valence-electron chi connectivity index (χ4n) is 3.81. The number of hydrogen-bond donors (Lipinski definition) is 1. The average molecular weight is 344 g/mol. The van der Waals surface area contributed by atoms with Gasteiger partial charge in [0.25, 0.3) is 0 Å². The molecular formula is C19H28N4O2. The number of likely N-dealkylation sites (tertiary alicyclic amines) is 2. The number of nitrogens with one attached hydrogen (secondary N) is 1. The normalized spacial score (nSPS) is 21.2. The minimum atomic E-state index is -0.0531. The number of para-hydroxylation sites is 2. The molecule has 1 aromatic carbocycles. The van der Waals surface area contributed by atoms with E-state index in [4.69, 9.17) is 0 Å². The molecule has 1 atom stereocenters. The number of hydrogen-bond acceptors (Lipinski definition) is 3. The van der Waals surface area contributed by atoms with E-state index >= 15 is 0 Å². The molecule has 6 heteroatoms. The van der Waals surface area contributed by atoms with Crippen LogP contribution in [-0.2, 0) is 4.79 Å². The molecule has 0 unspecified atom stereocenters. The van der Waals surface area contributed by atoms with E-state index in [0.717, 1.165) is 50.1 Å². The molecule has 3 rings (SSSR count). The van der Waals surface area contributed by atoms with Gasteiger partial charge in [0.2, 0.25) is 5.91 Å². The predicted octanol–water partition coefficient (Wildman–Crippen LogP) is 2.76. The van der Waals surface area contributed by atoms with E-state index in [1.165, 1.54) is 0 Å². The maximum absolute atomic E-state index is 12.7. The largest absolute Gasteiger partial charge is 0.376 e. The van der Waals surface area contributed by atoms with Crippen LogP contribution in [0.15, 0.2) is 24.3 Å². The van der Waals surface area contributed by atoms with Gasteiger partial charge in [0, 0.05) is 46.2 Å². The molecule has 2 heterocycles. The van der Waals surface area contributed by atoms with E-state index in [9.17, 15) is 9.59 Å². The molecule has 25 heavy (non-hydrogen) atoms. The summed E-state index contributed by atoms with van der Waals surface area (Å²) >= 11 is 0. The minimum Gasteiger partial charge on any atom is -0.376 e. The van der Waals surface area contributed by atoms with E-state index < -0.39 is 0 Å². The van der Waals surface area contributed by atoms with Gasteiger partial charge in [-0.2, -0.15) is 0 Å². The molecule has 0 bridgehead atoms. The molecule has 0 aromatic heterocycles. The van der Waals surface area contributed by atoms with Crippen molar-refractivity contribution in [1.82, 2.24) is 9.80 Å². The highest BCUT2D eigenvalue weighted by molar-refractivity contribution is 5.93. The summed E-state index contributed by atoms with van der Waals surface area (Å²) in [7, 11) is 3.93. The second kappa shape index (κ2) is 7.76. The number of benzene rings is 1. The summed E-state index contributed by atoms with van der Waals surface area (Å²) in [6.07, 6.45) is 4.46. The van der Waals surface area contributed by atoms with Crippen LogP contribution in [0.5, 0.6) is 0 Å². The Balaban J connectivity index is 1.61. The Kier molecular flexibility index (Phi) is 5.46. The van der Waals surface area contributed by atoms with Crippen molar-refractivity contribution in [3.8, 4) is 0 Å². The van der Waals surface area contributed by atoms with Crippen LogP contribution in [0.2, 0.25) is 0 Å². The second-order valence-electron chi connectivity index (χ2n) is 7.10. The first-order valence-corrected chi connectivity index (χ1v) is 9.18. The molecule has 0 spiro atoms. The smallest absolute Gasteiger partial charge is 0.321 e. The molecule has 2 fully saturated rings. The third-order valence-corrected chi connectivity index (χ3v) is 5.16. The van der Waals surface area contributed by atoms with E-state index in [-0.39, 0.29) is 11.9 Å². The Morgan fingerprint density at radius 3 is 2.64 bits per heavy atom. The van der Waals surface area contributed by atoms with Gasteiger partial charge in [-0.25, -0.2) is 4.79 Å². The fourth-order valence-corrected chi connectivity index (χ4v) is 3.81. The number of nitrogens with zero attached hydrogens (tertiary/aromatic N) is 3. The first kappa shape index (κ1) is 17.6. The third-order valence-electron chi connectivity index (χ3n) is 5.16. The lowest BCUT2D eigenvalue weighted by Crippen LogP contribution is -2.39. The molecule has 1 aromatic rings. The van der Waals surface area contributed by atoms with Crippen LogP contribution in [0.3, 0.4) is 0 Å². The molecule has 2 saturated heterocycles. The summed E-state index contributed by atoms with van der Waals surface area (Å²) in [6.45, 7) is 2.32. The summed E-state index contributed by atoms with van der Waals surface area (Å²) < 4.78 is 0. The fraction of sp³-hybridized carbons (Fsp3) is 0.579. The first-order chi connectivity index (χ1) is 12.1. The highest BCUT2D eigenvalue weighted by atomic mass is 16.2. The van der Waals surface area contributed by atoms with Gasteiger partial charge >= 0.3 is 6.03 Å². The van der Waals surface area contributed by atoms with Gasteiger partial charge in [-0.3, -0.25) is 4.79 Å². The minimum absolute atomic E-state index is 0.0531. The predicted molar refractivity (Wildman–Crippen MR) is 99.9 cm³/mol. The zero-order chi connectivity index (χ0) is 17.8. The summed E-state index contributed by atoms with van der Waals surface area (Å²) in [5.74, 6) is 0.280. The molecule has 2 aliphatic heterocycles. The van der Waals surface area contributed by atoms with Gasteiger partial charge in [-0.1, -0.05) is 12.1 Å². The first-order valence-electron chi connectivity index (χ1n) is 9.18. The maximum atomic E-state index is 12.7. The summed E-state index contributed by atoms with van der Waals surface area (Å²) in [5, 5.41) is 3.05. The Morgan fingerprint density at radius 2 is 1.92 bits per heavy atom. The van der Waals surface area contributed by atoms with Gasteiger partial charge in [-0.05, 0) is 37.8 Å². The average Bonchev–Trinajstić information content (AvgIpc) is 2.87. The molecule has 0 saturated carbocycles. The van der Waals surface area contributed by atoms with Crippen LogP contribution in [0.1, 0.15) is 32.1 Å².